The Balaban J connectivity index is 2.29. The predicted molar refractivity (Wildman–Crippen MR) is 68.3 cm³/mol. The van der Waals surface area contributed by atoms with Crippen molar-refractivity contribution in [3.63, 3.8) is 0 Å². The van der Waals surface area contributed by atoms with E-state index >= 15 is 0 Å². The number of aromatic amines is 1. The zero-order valence-corrected chi connectivity index (χ0v) is 11.2. The second kappa shape index (κ2) is 5.88. The van der Waals surface area contributed by atoms with Crippen molar-refractivity contribution in [3.8, 4) is 0 Å². The molecule has 2 heterocycles. The first-order chi connectivity index (χ1) is 9.43. The number of H-pyrrole nitrogens is 1. The van der Waals surface area contributed by atoms with Gasteiger partial charge in [-0.3, -0.25) is 14.3 Å². The summed E-state index contributed by atoms with van der Waals surface area (Å²) in [6, 6.07) is 1.15. The van der Waals surface area contributed by atoms with Crippen LogP contribution in [0.5, 0.6) is 0 Å². The van der Waals surface area contributed by atoms with Gasteiger partial charge < -0.3 is 19.7 Å². The van der Waals surface area contributed by atoms with Crippen molar-refractivity contribution < 1.29 is 19.7 Å². The average Bonchev–Trinajstić information content (AvgIpc) is 2.67. The lowest BCUT2D eigenvalue weighted by Crippen LogP contribution is -2.40. The summed E-state index contributed by atoms with van der Waals surface area (Å²) in [5, 5.41) is 19.5. The van der Waals surface area contributed by atoms with Crippen LogP contribution in [0.15, 0.2) is 21.9 Å². The molecule has 20 heavy (non-hydrogen) atoms. The molecule has 1 aliphatic heterocycles. The normalized spacial score (nSPS) is 30.1. The van der Waals surface area contributed by atoms with E-state index in [0.717, 1.165) is 10.6 Å². The van der Waals surface area contributed by atoms with Gasteiger partial charge in [-0.25, -0.2) is 4.79 Å². The largest absolute Gasteiger partial charge is 0.394 e. The number of nitrogens with one attached hydrogen (secondary N) is 1. The summed E-state index contributed by atoms with van der Waals surface area (Å²) < 4.78 is 12.0. The van der Waals surface area contributed by atoms with Crippen LogP contribution in [0.2, 0.25) is 0 Å². The quantitative estimate of drug-likeness (QED) is 0.626. The highest BCUT2D eigenvalue weighted by molar-refractivity contribution is 4.94. The average molecular weight is 286 g/mol. The molecule has 0 spiro atoms. The Kier molecular flexibility index (Phi) is 4.39. The van der Waals surface area contributed by atoms with Crippen LogP contribution < -0.4 is 11.2 Å². The molecule has 2 rings (SSSR count). The van der Waals surface area contributed by atoms with Crippen LogP contribution in [-0.4, -0.2) is 50.8 Å². The van der Waals surface area contributed by atoms with Gasteiger partial charge in [-0.05, 0) is 13.8 Å². The minimum absolute atomic E-state index is 0.168. The molecule has 0 saturated carbocycles. The molecule has 8 heteroatoms. The van der Waals surface area contributed by atoms with Crippen LogP contribution in [0.3, 0.4) is 0 Å². The topological polar surface area (TPSA) is 114 Å². The molecular formula is C12H18N2O6. The zero-order valence-electron chi connectivity index (χ0n) is 11.2. The van der Waals surface area contributed by atoms with Gasteiger partial charge in [-0.15, -0.1) is 0 Å². The van der Waals surface area contributed by atoms with E-state index in [2.05, 4.69) is 4.98 Å². The standard InChI is InChI=1S/C12H18N2O6/c1-6(2)19-10-7(5-15)20-11(9(10)17)14-4-3-8(16)13-12(14)18/h3-4,6-7,9-11,15,17H,5H2,1-2H3,(H,13,16,18)/t7-,9?,10?,11-/m0/s1. The highest BCUT2D eigenvalue weighted by Gasteiger charge is 2.45. The Morgan fingerprint density at radius 3 is 2.75 bits per heavy atom. The minimum atomic E-state index is -1.13. The van der Waals surface area contributed by atoms with Gasteiger partial charge in [0.1, 0.15) is 18.3 Å². The van der Waals surface area contributed by atoms with Crippen LogP contribution >= 0.6 is 0 Å². The number of rotatable bonds is 4. The maximum Gasteiger partial charge on any atom is 0.330 e. The number of nitrogens with zero attached hydrogens (tertiary/aromatic N) is 1. The van der Waals surface area contributed by atoms with Crippen LogP contribution in [0.4, 0.5) is 0 Å². The van der Waals surface area contributed by atoms with Crippen molar-refractivity contribution in [1.29, 1.82) is 0 Å². The predicted octanol–water partition coefficient (Wildman–Crippen LogP) is -1.42. The van der Waals surface area contributed by atoms with Gasteiger partial charge in [0.15, 0.2) is 6.23 Å². The summed E-state index contributed by atoms with van der Waals surface area (Å²) in [6.45, 7) is 3.24. The zero-order chi connectivity index (χ0) is 14.9. The number of aromatic nitrogens is 2. The Morgan fingerprint density at radius 1 is 1.50 bits per heavy atom. The van der Waals surface area contributed by atoms with Crippen molar-refractivity contribution in [2.24, 2.45) is 0 Å². The first kappa shape index (κ1) is 14.9. The molecule has 112 valence electrons. The van der Waals surface area contributed by atoms with Crippen LogP contribution in [-0.2, 0) is 9.47 Å². The molecule has 1 saturated heterocycles. The van der Waals surface area contributed by atoms with E-state index in [1.54, 1.807) is 13.8 Å². The molecule has 1 fully saturated rings. The summed E-state index contributed by atoms with van der Waals surface area (Å²) in [7, 11) is 0. The third kappa shape index (κ3) is 2.83. The van der Waals surface area contributed by atoms with Gasteiger partial charge in [0.25, 0.3) is 5.56 Å². The van der Waals surface area contributed by atoms with Gasteiger partial charge >= 0.3 is 5.69 Å². The monoisotopic (exact) mass is 286 g/mol. The summed E-state index contributed by atoms with van der Waals surface area (Å²) in [6.07, 6.45) is -2.56. The summed E-state index contributed by atoms with van der Waals surface area (Å²) in [5.41, 5.74) is -1.23. The maximum atomic E-state index is 11.7. The van der Waals surface area contributed by atoms with E-state index in [-0.39, 0.29) is 12.7 Å². The number of hydrogen-bond acceptors (Lipinski definition) is 6. The first-order valence-electron chi connectivity index (χ1n) is 6.35. The van der Waals surface area contributed by atoms with Crippen LogP contribution in [0, 0.1) is 0 Å². The van der Waals surface area contributed by atoms with Crippen molar-refractivity contribution >= 4 is 0 Å². The summed E-state index contributed by atoms with van der Waals surface area (Å²) >= 11 is 0. The highest BCUT2D eigenvalue weighted by atomic mass is 16.6. The number of hydrogen-bond donors (Lipinski definition) is 3. The van der Waals surface area contributed by atoms with E-state index in [1.807, 2.05) is 0 Å². The summed E-state index contributed by atoms with van der Waals surface area (Å²) in [5.74, 6) is 0. The lowest BCUT2D eigenvalue weighted by Gasteiger charge is -2.22. The minimum Gasteiger partial charge on any atom is -0.394 e. The molecule has 2 unspecified atom stereocenters. The number of aliphatic hydroxyl groups excluding tert-OH is 2. The molecule has 0 radical (unpaired) electrons. The third-order valence-corrected chi connectivity index (χ3v) is 3.04. The summed E-state index contributed by atoms with van der Waals surface area (Å²) in [4.78, 5) is 24.8. The number of aliphatic hydroxyl groups is 2. The molecule has 1 aliphatic rings. The van der Waals surface area contributed by atoms with Gasteiger partial charge in [-0.2, -0.15) is 0 Å². The van der Waals surface area contributed by atoms with Crippen LogP contribution in [0.25, 0.3) is 0 Å². The molecule has 1 aromatic heterocycles. The van der Waals surface area contributed by atoms with E-state index in [1.165, 1.54) is 6.20 Å². The van der Waals surface area contributed by atoms with E-state index in [4.69, 9.17) is 9.47 Å². The molecule has 0 amide bonds. The second-order valence-corrected chi connectivity index (χ2v) is 4.91. The fourth-order valence-electron chi connectivity index (χ4n) is 2.21. The second-order valence-electron chi connectivity index (χ2n) is 4.91. The molecule has 4 atom stereocenters. The first-order valence-corrected chi connectivity index (χ1v) is 6.35. The molecule has 0 aliphatic carbocycles. The Hall–Kier alpha value is -1.48. The molecule has 0 bridgehead atoms. The lowest BCUT2D eigenvalue weighted by atomic mass is 10.1. The lowest BCUT2D eigenvalue weighted by molar-refractivity contribution is -0.0789. The molecule has 3 N–H and O–H groups in total. The van der Waals surface area contributed by atoms with E-state index < -0.39 is 35.8 Å². The van der Waals surface area contributed by atoms with Crippen molar-refractivity contribution in [2.75, 3.05) is 6.61 Å². The third-order valence-electron chi connectivity index (χ3n) is 3.04. The van der Waals surface area contributed by atoms with E-state index in [9.17, 15) is 19.8 Å². The van der Waals surface area contributed by atoms with Gasteiger partial charge in [-0.1, -0.05) is 0 Å². The van der Waals surface area contributed by atoms with E-state index in [0.29, 0.717) is 0 Å². The Morgan fingerprint density at radius 2 is 2.20 bits per heavy atom. The number of ether oxygens (including phenoxy) is 2. The van der Waals surface area contributed by atoms with Gasteiger partial charge in [0, 0.05) is 12.3 Å². The molecule has 0 aromatic carbocycles. The molecule has 8 nitrogen and oxygen atoms in total. The van der Waals surface area contributed by atoms with Crippen molar-refractivity contribution in [1.82, 2.24) is 9.55 Å². The smallest absolute Gasteiger partial charge is 0.330 e. The van der Waals surface area contributed by atoms with Gasteiger partial charge in [0.2, 0.25) is 0 Å². The Bertz CT molecular complexity index is 566. The van der Waals surface area contributed by atoms with Gasteiger partial charge in [0.05, 0.1) is 12.7 Å². The fourth-order valence-corrected chi connectivity index (χ4v) is 2.21. The Labute approximate surface area is 114 Å². The molecular weight excluding hydrogens is 268 g/mol. The fraction of sp³-hybridized carbons (Fsp3) is 0.667. The SMILES string of the molecule is CC(C)OC1C(O)[C@@H](n2ccc(=O)[nH]c2=O)O[C@H]1CO. The van der Waals surface area contributed by atoms with Crippen molar-refractivity contribution in [3.05, 3.63) is 33.1 Å². The maximum absolute atomic E-state index is 11.7. The van der Waals surface area contributed by atoms with Crippen LogP contribution in [0.1, 0.15) is 20.1 Å². The highest BCUT2D eigenvalue weighted by Crippen LogP contribution is 2.30. The molecule has 1 aromatic rings. The van der Waals surface area contributed by atoms with Crippen molar-refractivity contribution in [2.45, 2.75) is 44.5 Å².